The predicted octanol–water partition coefficient (Wildman–Crippen LogP) is 5.44. The minimum absolute atomic E-state index is 0.0884. The second kappa shape index (κ2) is 12.9. The molecular formula is C28H47N3O4. The highest BCUT2D eigenvalue weighted by Gasteiger charge is 2.39. The van der Waals surface area contributed by atoms with Gasteiger partial charge in [-0.2, -0.15) is 0 Å². The number of amides is 3. The van der Waals surface area contributed by atoms with E-state index in [1.807, 2.05) is 73.6 Å². The first-order chi connectivity index (χ1) is 16.1. The maximum absolute atomic E-state index is 14.2. The Balaban J connectivity index is 3.63. The topological polar surface area (TPSA) is 87.7 Å². The van der Waals surface area contributed by atoms with Gasteiger partial charge in [0.15, 0.2) is 0 Å². The number of nitrogens with zero attached hydrogens (tertiary/aromatic N) is 1. The van der Waals surface area contributed by atoms with Crippen LogP contribution in [0.4, 0.5) is 4.79 Å². The zero-order chi connectivity index (χ0) is 27.1. The van der Waals surface area contributed by atoms with Gasteiger partial charge in [0.1, 0.15) is 17.7 Å². The molecule has 3 amide bonds. The Kier molecular flexibility index (Phi) is 11.3. The first-order valence-corrected chi connectivity index (χ1v) is 12.8. The molecule has 1 rings (SSSR count). The van der Waals surface area contributed by atoms with E-state index in [1.165, 1.54) is 0 Å². The molecule has 0 fully saturated rings. The average molecular weight is 490 g/mol. The smallest absolute Gasteiger partial charge is 0.408 e. The maximum atomic E-state index is 14.2. The Labute approximate surface area is 212 Å². The molecule has 7 heteroatoms. The Morgan fingerprint density at radius 1 is 0.971 bits per heavy atom. The van der Waals surface area contributed by atoms with Crippen molar-refractivity contribution in [3.63, 3.8) is 0 Å². The summed E-state index contributed by atoms with van der Waals surface area (Å²) in [7, 11) is 0. The molecule has 198 valence electrons. The number of aryl methyl sites for hydroxylation is 2. The van der Waals surface area contributed by atoms with Crippen molar-refractivity contribution in [2.75, 3.05) is 0 Å². The third-order valence-corrected chi connectivity index (χ3v) is 5.79. The van der Waals surface area contributed by atoms with Gasteiger partial charge in [-0.05, 0) is 90.8 Å². The van der Waals surface area contributed by atoms with Gasteiger partial charge in [-0.1, -0.05) is 39.0 Å². The lowest BCUT2D eigenvalue weighted by molar-refractivity contribution is -0.145. The van der Waals surface area contributed by atoms with Crippen molar-refractivity contribution in [1.82, 2.24) is 15.5 Å². The lowest BCUT2D eigenvalue weighted by Gasteiger charge is -2.39. The van der Waals surface area contributed by atoms with Crippen LogP contribution in [0.3, 0.4) is 0 Å². The van der Waals surface area contributed by atoms with Crippen molar-refractivity contribution in [1.29, 1.82) is 0 Å². The van der Waals surface area contributed by atoms with Crippen LogP contribution >= 0.6 is 0 Å². The second-order valence-corrected chi connectivity index (χ2v) is 11.2. The standard InChI is InChI=1S/C28H47N3O4/c1-12-21(8)31(26(33)22(16-17(2)3)30-27(34)35-28(9,10)11)24(25(32)29-18(4)5)23-19(6)14-13-15-20(23)7/h13-15,17-18,21-22,24H,12,16H2,1-11H3,(H,29,32)(H,30,34). The fourth-order valence-corrected chi connectivity index (χ4v) is 4.14. The number of nitrogens with one attached hydrogen (secondary N) is 2. The van der Waals surface area contributed by atoms with E-state index in [0.717, 1.165) is 16.7 Å². The van der Waals surface area contributed by atoms with E-state index in [4.69, 9.17) is 4.74 Å². The molecule has 0 aromatic heterocycles. The number of hydrogen-bond donors (Lipinski definition) is 2. The van der Waals surface area contributed by atoms with Gasteiger partial charge in [0.2, 0.25) is 11.8 Å². The lowest BCUT2D eigenvalue weighted by atomic mass is 9.91. The monoisotopic (exact) mass is 489 g/mol. The molecule has 3 atom stereocenters. The number of carbonyl (C=O) groups excluding carboxylic acids is 3. The summed E-state index contributed by atoms with van der Waals surface area (Å²) in [4.78, 5) is 42.2. The molecule has 7 nitrogen and oxygen atoms in total. The molecule has 0 aliphatic carbocycles. The Morgan fingerprint density at radius 2 is 1.51 bits per heavy atom. The second-order valence-electron chi connectivity index (χ2n) is 11.2. The molecular weight excluding hydrogens is 442 g/mol. The van der Waals surface area contributed by atoms with Crippen LogP contribution in [-0.4, -0.2) is 46.5 Å². The summed E-state index contributed by atoms with van der Waals surface area (Å²) in [6.07, 6.45) is 0.440. The Hall–Kier alpha value is -2.57. The van der Waals surface area contributed by atoms with E-state index in [0.29, 0.717) is 12.8 Å². The van der Waals surface area contributed by atoms with Crippen LogP contribution in [0, 0.1) is 19.8 Å². The van der Waals surface area contributed by atoms with Gasteiger partial charge in [-0.3, -0.25) is 9.59 Å². The lowest BCUT2D eigenvalue weighted by Crippen LogP contribution is -2.56. The van der Waals surface area contributed by atoms with Crippen molar-refractivity contribution >= 4 is 17.9 Å². The van der Waals surface area contributed by atoms with Crippen LogP contribution in [0.15, 0.2) is 18.2 Å². The van der Waals surface area contributed by atoms with E-state index in [2.05, 4.69) is 10.6 Å². The summed E-state index contributed by atoms with van der Waals surface area (Å²) in [5.41, 5.74) is 2.01. The fourth-order valence-electron chi connectivity index (χ4n) is 4.14. The zero-order valence-electron chi connectivity index (χ0n) is 23.6. The van der Waals surface area contributed by atoms with E-state index < -0.39 is 23.8 Å². The summed E-state index contributed by atoms with van der Waals surface area (Å²) in [5, 5.41) is 5.81. The highest BCUT2D eigenvalue weighted by atomic mass is 16.6. The average Bonchev–Trinajstić information content (AvgIpc) is 2.69. The third-order valence-electron chi connectivity index (χ3n) is 5.79. The minimum Gasteiger partial charge on any atom is -0.444 e. The summed E-state index contributed by atoms with van der Waals surface area (Å²) < 4.78 is 5.45. The van der Waals surface area contributed by atoms with E-state index in [-0.39, 0.29) is 29.8 Å². The van der Waals surface area contributed by atoms with Crippen LogP contribution in [0.1, 0.15) is 97.9 Å². The molecule has 0 saturated heterocycles. The summed E-state index contributed by atoms with van der Waals surface area (Å²) in [5.74, 6) is -0.377. The summed E-state index contributed by atoms with van der Waals surface area (Å²) in [6, 6.07) is 3.90. The number of benzene rings is 1. The van der Waals surface area contributed by atoms with Gasteiger partial charge in [0, 0.05) is 12.1 Å². The molecule has 0 aliphatic rings. The Bertz CT molecular complexity index is 853. The van der Waals surface area contributed by atoms with Crippen molar-refractivity contribution < 1.29 is 19.1 Å². The zero-order valence-corrected chi connectivity index (χ0v) is 23.6. The highest BCUT2D eigenvalue weighted by Crippen LogP contribution is 2.31. The molecule has 0 heterocycles. The number of ether oxygens (including phenoxy) is 1. The molecule has 1 aromatic carbocycles. The first kappa shape index (κ1) is 30.5. The molecule has 0 saturated carbocycles. The van der Waals surface area contributed by atoms with Crippen LogP contribution in [0.5, 0.6) is 0 Å². The number of hydrogen-bond acceptors (Lipinski definition) is 4. The highest BCUT2D eigenvalue weighted by molar-refractivity contribution is 5.93. The van der Waals surface area contributed by atoms with E-state index in [1.54, 1.807) is 25.7 Å². The summed E-state index contributed by atoms with van der Waals surface area (Å²) >= 11 is 0. The quantitative estimate of drug-likeness (QED) is 0.458. The minimum atomic E-state index is -0.823. The van der Waals surface area contributed by atoms with Crippen LogP contribution in [-0.2, 0) is 14.3 Å². The number of alkyl carbamates (subject to hydrolysis) is 1. The van der Waals surface area contributed by atoms with Crippen LogP contribution < -0.4 is 10.6 Å². The van der Waals surface area contributed by atoms with Gasteiger partial charge in [-0.15, -0.1) is 0 Å². The van der Waals surface area contributed by atoms with Crippen LogP contribution in [0.25, 0.3) is 0 Å². The van der Waals surface area contributed by atoms with Gasteiger partial charge >= 0.3 is 6.09 Å². The van der Waals surface area contributed by atoms with Gasteiger partial charge in [-0.25, -0.2) is 4.79 Å². The van der Waals surface area contributed by atoms with Crippen molar-refractivity contribution in [2.45, 2.75) is 119 Å². The third kappa shape index (κ3) is 9.19. The fraction of sp³-hybridized carbons (Fsp3) is 0.679. The molecule has 0 aliphatic heterocycles. The van der Waals surface area contributed by atoms with E-state index >= 15 is 0 Å². The maximum Gasteiger partial charge on any atom is 0.408 e. The van der Waals surface area contributed by atoms with Crippen LogP contribution in [0.2, 0.25) is 0 Å². The molecule has 1 aromatic rings. The van der Waals surface area contributed by atoms with Gasteiger partial charge < -0.3 is 20.3 Å². The first-order valence-electron chi connectivity index (χ1n) is 12.8. The molecule has 35 heavy (non-hydrogen) atoms. The van der Waals surface area contributed by atoms with Crippen molar-refractivity contribution in [2.24, 2.45) is 5.92 Å². The van der Waals surface area contributed by atoms with Gasteiger partial charge in [0.05, 0.1) is 0 Å². The number of carbonyl (C=O) groups is 3. The van der Waals surface area contributed by atoms with Gasteiger partial charge in [0.25, 0.3) is 0 Å². The largest absolute Gasteiger partial charge is 0.444 e. The molecule has 3 unspecified atom stereocenters. The summed E-state index contributed by atoms with van der Waals surface area (Å²) in [6.45, 7) is 21.0. The predicted molar refractivity (Wildman–Crippen MR) is 141 cm³/mol. The van der Waals surface area contributed by atoms with Crippen molar-refractivity contribution in [3.05, 3.63) is 34.9 Å². The normalized spacial score (nSPS) is 14.3. The van der Waals surface area contributed by atoms with Crippen molar-refractivity contribution in [3.8, 4) is 0 Å². The van der Waals surface area contributed by atoms with E-state index in [9.17, 15) is 14.4 Å². The molecule has 0 radical (unpaired) electrons. The molecule has 0 spiro atoms. The Morgan fingerprint density at radius 3 is 1.94 bits per heavy atom. The number of rotatable bonds is 10. The SMILES string of the molecule is CCC(C)N(C(=O)C(CC(C)C)NC(=O)OC(C)(C)C)C(C(=O)NC(C)C)c1c(C)cccc1C. The molecule has 2 N–H and O–H groups in total. The molecule has 0 bridgehead atoms.